The first-order valence-electron chi connectivity index (χ1n) is 5.75. The largest absolute Gasteiger partial charge is 0.405 e. The lowest BCUT2D eigenvalue weighted by molar-refractivity contribution is -0.122. The number of rotatable bonds is 2. The maximum Gasteiger partial charge on any atom is 0.405 e. The van der Waals surface area contributed by atoms with Crippen LogP contribution in [-0.2, 0) is 0 Å². The van der Waals surface area contributed by atoms with E-state index in [1.54, 1.807) is 5.32 Å². The van der Waals surface area contributed by atoms with Crippen LogP contribution in [0.4, 0.5) is 18.0 Å². The molecule has 0 aromatic heterocycles. The van der Waals surface area contributed by atoms with Gasteiger partial charge < -0.3 is 16.4 Å². The lowest BCUT2D eigenvalue weighted by atomic mass is 10.0. The second kappa shape index (κ2) is 6.09. The zero-order valence-electron chi connectivity index (χ0n) is 9.52. The Hall–Kier alpha value is -0.980. The Morgan fingerprint density at radius 2 is 1.88 bits per heavy atom. The number of hydrogen-bond donors (Lipinski definition) is 3. The highest BCUT2D eigenvalue weighted by Crippen LogP contribution is 2.16. The van der Waals surface area contributed by atoms with Crippen LogP contribution in [0.5, 0.6) is 0 Å². The van der Waals surface area contributed by atoms with Crippen LogP contribution in [0.3, 0.4) is 0 Å². The first-order valence-corrected chi connectivity index (χ1v) is 5.75. The number of alkyl halides is 3. The van der Waals surface area contributed by atoms with Gasteiger partial charge in [0.15, 0.2) is 0 Å². The van der Waals surface area contributed by atoms with E-state index in [1.165, 1.54) is 0 Å². The summed E-state index contributed by atoms with van der Waals surface area (Å²) in [6.45, 7) is -1.32. The van der Waals surface area contributed by atoms with Gasteiger partial charge in [-0.1, -0.05) is 19.3 Å². The number of carbonyl (C=O) groups excluding carboxylic acids is 1. The molecular weight excluding hydrogens is 235 g/mol. The molecule has 7 heteroatoms. The Balaban J connectivity index is 2.33. The van der Waals surface area contributed by atoms with Crippen molar-refractivity contribution in [3.8, 4) is 0 Å². The Morgan fingerprint density at radius 3 is 2.53 bits per heavy atom. The van der Waals surface area contributed by atoms with E-state index in [9.17, 15) is 18.0 Å². The van der Waals surface area contributed by atoms with Gasteiger partial charge in [0, 0.05) is 12.1 Å². The van der Waals surface area contributed by atoms with Crippen molar-refractivity contribution >= 4 is 6.03 Å². The Bertz CT molecular complexity index is 258. The molecule has 2 amide bonds. The predicted octanol–water partition coefficient (Wildman–Crippen LogP) is 1.51. The van der Waals surface area contributed by atoms with Crippen molar-refractivity contribution < 1.29 is 18.0 Å². The van der Waals surface area contributed by atoms with Gasteiger partial charge in [-0.05, 0) is 12.8 Å². The van der Waals surface area contributed by atoms with E-state index in [4.69, 9.17) is 5.73 Å². The summed E-state index contributed by atoms with van der Waals surface area (Å²) in [5.74, 6) is 0. The smallest absolute Gasteiger partial charge is 0.334 e. The SMILES string of the molecule is NC1CCCCCC1NC(=O)NCC(F)(F)F. The highest BCUT2D eigenvalue weighted by molar-refractivity contribution is 5.74. The molecule has 0 radical (unpaired) electrons. The van der Waals surface area contributed by atoms with Crippen LogP contribution >= 0.6 is 0 Å². The molecule has 2 atom stereocenters. The van der Waals surface area contributed by atoms with E-state index in [1.807, 2.05) is 0 Å². The first kappa shape index (κ1) is 14.1. The predicted molar refractivity (Wildman–Crippen MR) is 57.4 cm³/mol. The van der Waals surface area contributed by atoms with Gasteiger partial charge in [0.25, 0.3) is 0 Å². The summed E-state index contributed by atoms with van der Waals surface area (Å²) < 4.78 is 35.6. The molecule has 1 aliphatic carbocycles. The lowest BCUT2D eigenvalue weighted by Crippen LogP contribution is -2.51. The molecule has 1 aliphatic rings. The highest BCUT2D eigenvalue weighted by atomic mass is 19.4. The number of hydrogen-bond acceptors (Lipinski definition) is 2. The van der Waals surface area contributed by atoms with Gasteiger partial charge in [0.2, 0.25) is 0 Å². The molecule has 0 aliphatic heterocycles. The van der Waals surface area contributed by atoms with Gasteiger partial charge in [-0.2, -0.15) is 13.2 Å². The van der Waals surface area contributed by atoms with Gasteiger partial charge in [0.05, 0.1) is 0 Å². The number of nitrogens with one attached hydrogen (secondary N) is 2. The highest BCUT2D eigenvalue weighted by Gasteiger charge is 2.28. The molecule has 0 aromatic carbocycles. The Kier molecular flexibility index (Phi) is 5.04. The quantitative estimate of drug-likeness (QED) is 0.653. The Labute approximate surface area is 98.1 Å². The van der Waals surface area contributed by atoms with Crippen molar-refractivity contribution in [3.05, 3.63) is 0 Å². The zero-order valence-corrected chi connectivity index (χ0v) is 9.52. The summed E-state index contributed by atoms with van der Waals surface area (Å²) in [5, 5.41) is 4.29. The van der Waals surface area contributed by atoms with Gasteiger partial charge in [0.1, 0.15) is 6.54 Å². The average Bonchev–Trinajstić information content (AvgIpc) is 2.41. The molecule has 4 nitrogen and oxygen atoms in total. The van der Waals surface area contributed by atoms with Crippen LogP contribution in [0.1, 0.15) is 32.1 Å². The fourth-order valence-corrected chi connectivity index (χ4v) is 1.92. The van der Waals surface area contributed by atoms with Crippen LogP contribution < -0.4 is 16.4 Å². The molecule has 1 fully saturated rings. The van der Waals surface area contributed by atoms with E-state index < -0.39 is 18.8 Å². The molecular formula is C10H18F3N3O. The number of carbonyl (C=O) groups is 1. The third kappa shape index (κ3) is 5.76. The normalized spacial score (nSPS) is 26.1. The van der Waals surface area contributed by atoms with Crippen LogP contribution in [0.15, 0.2) is 0 Å². The van der Waals surface area contributed by atoms with Crippen LogP contribution in [0.25, 0.3) is 0 Å². The summed E-state index contributed by atoms with van der Waals surface area (Å²) in [5.41, 5.74) is 5.84. The second-order valence-corrected chi connectivity index (χ2v) is 4.35. The summed E-state index contributed by atoms with van der Waals surface area (Å²) >= 11 is 0. The summed E-state index contributed by atoms with van der Waals surface area (Å²) in [7, 11) is 0. The fraction of sp³-hybridized carbons (Fsp3) is 0.900. The molecule has 0 aromatic rings. The van der Waals surface area contributed by atoms with E-state index >= 15 is 0 Å². The van der Waals surface area contributed by atoms with Gasteiger partial charge in [-0.3, -0.25) is 0 Å². The van der Waals surface area contributed by atoms with Gasteiger partial charge >= 0.3 is 12.2 Å². The molecule has 17 heavy (non-hydrogen) atoms. The molecule has 0 bridgehead atoms. The molecule has 4 N–H and O–H groups in total. The van der Waals surface area contributed by atoms with Crippen LogP contribution in [0, 0.1) is 0 Å². The first-order chi connectivity index (χ1) is 7.88. The minimum absolute atomic E-state index is 0.172. The number of nitrogens with two attached hydrogens (primary N) is 1. The standard InChI is InChI=1S/C10H18F3N3O/c11-10(12,13)6-15-9(17)16-8-5-3-1-2-4-7(8)14/h7-8H,1-6,14H2,(H2,15,16,17). The maximum atomic E-state index is 11.9. The van der Waals surface area contributed by atoms with E-state index in [-0.39, 0.29) is 12.1 Å². The molecule has 1 rings (SSSR count). The average molecular weight is 253 g/mol. The van der Waals surface area contributed by atoms with Crippen molar-refractivity contribution in [1.82, 2.24) is 10.6 Å². The molecule has 0 heterocycles. The summed E-state index contributed by atoms with van der Waals surface area (Å²) in [6.07, 6.45) is 0.130. The molecule has 0 saturated heterocycles. The third-order valence-electron chi connectivity index (χ3n) is 2.84. The molecule has 100 valence electrons. The lowest BCUT2D eigenvalue weighted by Gasteiger charge is -2.23. The third-order valence-corrected chi connectivity index (χ3v) is 2.84. The zero-order chi connectivity index (χ0) is 12.9. The molecule has 2 unspecified atom stereocenters. The van der Waals surface area contributed by atoms with Gasteiger partial charge in [-0.15, -0.1) is 0 Å². The van der Waals surface area contributed by atoms with E-state index in [2.05, 4.69) is 5.32 Å². The molecule has 0 spiro atoms. The van der Waals surface area contributed by atoms with Crippen molar-refractivity contribution in [2.75, 3.05) is 6.54 Å². The number of urea groups is 1. The minimum atomic E-state index is -4.39. The monoisotopic (exact) mass is 253 g/mol. The van der Waals surface area contributed by atoms with E-state index in [0.29, 0.717) is 0 Å². The minimum Gasteiger partial charge on any atom is -0.334 e. The maximum absolute atomic E-state index is 11.9. The van der Waals surface area contributed by atoms with Crippen LogP contribution in [-0.4, -0.2) is 30.8 Å². The number of halogens is 3. The van der Waals surface area contributed by atoms with Crippen LogP contribution in [0.2, 0.25) is 0 Å². The van der Waals surface area contributed by atoms with Crippen molar-refractivity contribution in [3.63, 3.8) is 0 Å². The van der Waals surface area contributed by atoms with Crippen molar-refractivity contribution in [2.45, 2.75) is 50.4 Å². The molecule has 1 saturated carbocycles. The summed E-state index contributed by atoms with van der Waals surface area (Å²) in [4.78, 5) is 11.2. The Morgan fingerprint density at radius 1 is 1.24 bits per heavy atom. The summed E-state index contributed by atoms with van der Waals surface area (Å²) in [6, 6.07) is -1.20. The number of amides is 2. The second-order valence-electron chi connectivity index (χ2n) is 4.35. The van der Waals surface area contributed by atoms with Crippen molar-refractivity contribution in [1.29, 1.82) is 0 Å². The van der Waals surface area contributed by atoms with Crippen molar-refractivity contribution in [2.24, 2.45) is 5.73 Å². The fourth-order valence-electron chi connectivity index (χ4n) is 1.92. The topological polar surface area (TPSA) is 67.1 Å². The van der Waals surface area contributed by atoms with E-state index in [0.717, 1.165) is 32.1 Å². The van der Waals surface area contributed by atoms with Gasteiger partial charge in [-0.25, -0.2) is 4.79 Å².